The van der Waals surface area contributed by atoms with Gasteiger partial charge in [0.05, 0.1) is 28.5 Å². The maximum absolute atomic E-state index is 14.0. The number of rotatable bonds is 2. The van der Waals surface area contributed by atoms with Crippen LogP contribution in [0.4, 0.5) is 5.69 Å². The van der Waals surface area contributed by atoms with Crippen LogP contribution in [-0.4, -0.2) is 24.6 Å². The number of ether oxygens (including phenoxy) is 3. The van der Waals surface area contributed by atoms with Crippen LogP contribution in [0.25, 0.3) is 5.57 Å². The summed E-state index contributed by atoms with van der Waals surface area (Å²) in [6, 6.07) is 17.9. The Morgan fingerprint density at radius 1 is 0.865 bits per heavy atom. The number of fused-ring (bicyclic) bond motifs is 6. The van der Waals surface area contributed by atoms with Crippen LogP contribution in [0.3, 0.4) is 0 Å². The molecule has 0 bridgehead atoms. The molecule has 4 aliphatic rings. The molecular weight excluding hydrogens is 494 g/mol. The van der Waals surface area contributed by atoms with Crippen LogP contribution >= 0.6 is 11.6 Å². The van der Waals surface area contributed by atoms with Gasteiger partial charge in [0.15, 0.2) is 11.5 Å². The van der Waals surface area contributed by atoms with Gasteiger partial charge in [0.25, 0.3) is 0 Å². The van der Waals surface area contributed by atoms with E-state index < -0.39 is 41.5 Å². The predicted octanol–water partition coefficient (Wildman–Crippen LogP) is 4.90. The van der Waals surface area contributed by atoms with Crippen LogP contribution in [0, 0.1) is 24.7 Å². The molecule has 0 saturated carbocycles. The number of hydrogen-bond acceptors (Lipinski definition) is 6. The van der Waals surface area contributed by atoms with Gasteiger partial charge in [-0.2, -0.15) is 0 Å². The molecule has 2 amide bonds. The van der Waals surface area contributed by atoms with Crippen molar-refractivity contribution in [1.82, 2.24) is 0 Å². The summed E-state index contributed by atoms with van der Waals surface area (Å²) in [5.74, 6) is -2.91. The molecule has 1 aliphatic carbocycles. The van der Waals surface area contributed by atoms with E-state index >= 15 is 0 Å². The molecular formula is C29H20ClNO6. The summed E-state index contributed by atoms with van der Waals surface area (Å²) in [5.41, 5.74) is 3.48. The molecule has 1 fully saturated rings. The number of amides is 2. The molecule has 3 aromatic carbocycles. The summed E-state index contributed by atoms with van der Waals surface area (Å²) in [4.78, 5) is 42.5. The molecule has 0 radical (unpaired) electrons. The van der Waals surface area contributed by atoms with Crippen LogP contribution < -0.4 is 19.1 Å². The number of allylic oxidation sites excluding steroid dienone is 1. The Kier molecular flexibility index (Phi) is 4.75. The number of aryl methyl sites for hydroxylation is 1. The van der Waals surface area contributed by atoms with Gasteiger partial charge in [-0.3, -0.25) is 14.4 Å². The Labute approximate surface area is 217 Å². The van der Waals surface area contributed by atoms with E-state index in [0.717, 1.165) is 21.6 Å². The first kappa shape index (κ1) is 22.1. The van der Waals surface area contributed by atoms with Crippen molar-refractivity contribution in [3.8, 4) is 17.2 Å². The second kappa shape index (κ2) is 7.95. The van der Waals surface area contributed by atoms with Crippen molar-refractivity contribution in [2.45, 2.75) is 12.8 Å². The minimum Gasteiger partial charge on any atom is -0.454 e. The number of para-hydroxylation sites is 1. The fraction of sp³-hybridized carbons (Fsp3) is 0.207. The van der Waals surface area contributed by atoms with Gasteiger partial charge >= 0.3 is 5.97 Å². The minimum atomic E-state index is -0.943. The van der Waals surface area contributed by atoms with Crippen molar-refractivity contribution in [3.63, 3.8) is 0 Å². The summed E-state index contributed by atoms with van der Waals surface area (Å²) in [6.45, 7) is 2.04. The molecule has 0 N–H and O–H groups in total. The SMILES string of the molecule is Cc1ccc2c(c1)OC(=O)[C@@H]1C2=C[C@H](c2ccc3c(c2)OCO3)[C@@H]2C(=O)N(c3ccccc3Cl)C(=O)[C@@H]12. The number of carbonyl (C=O) groups excluding carboxylic acids is 3. The van der Waals surface area contributed by atoms with Crippen LogP contribution in [0.15, 0.2) is 66.7 Å². The standard InChI is InChI=1S/C29H20ClNO6/c1-14-6-8-16-18-12-17(15-7-9-21-23(11-15)36-13-35-21)24-26(25(18)29(34)37-22(16)10-14)28(33)31(27(24)32)20-5-3-2-4-19(20)30/h2-12,17,24-26H,13H2,1H3/t17-,24+,25-,26-/m1/s1. The second-order valence-corrected chi connectivity index (χ2v) is 10.1. The molecule has 1 saturated heterocycles. The van der Waals surface area contributed by atoms with Crippen LogP contribution in [0.5, 0.6) is 17.2 Å². The highest BCUT2D eigenvalue weighted by atomic mass is 35.5. The molecule has 7 rings (SSSR count). The third-order valence-corrected chi connectivity index (χ3v) is 7.95. The first-order chi connectivity index (χ1) is 17.9. The molecule has 0 aromatic heterocycles. The van der Waals surface area contributed by atoms with E-state index in [2.05, 4.69) is 0 Å². The lowest BCUT2D eigenvalue weighted by Gasteiger charge is -2.38. The number of nitrogens with zero attached hydrogens (tertiary/aromatic N) is 1. The number of esters is 1. The maximum atomic E-state index is 14.0. The van der Waals surface area contributed by atoms with Crippen molar-refractivity contribution in [2.24, 2.45) is 17.8 Å². The quantitative estimate of drug-likeness (QED) is 0.275. The highest BCUT2D eigenvalue weighted by Crippen LogP contribution is 2.55. The van der Waals surface area contributed by atoms with Gasteiger partial charge in [0.1, 0.15) is 5.75 Å². The highest BCUT2D eigenvalue weighted by molar-refractivity contribution is 6.36. The monoisotopic (exact) mass is 513 g/mol. The Hall–Kier alpha value is -4.10. The lowest BCUT2D eigenvalue weighted by molar-refractivity contribution is -0.142. The van der Waals surface area contributed by atoms with Crippen molar-refractivity contribution in [2.75, 3.05) is 11.7 Å². The zero-order valence-corrected chi connectivity index (χ0v) is 20.4. The first-order valence-corrected chi connectivity index (χ1v) is 12.4. The van der Waals surface area contributed by atoms with Gasteiger partial charge in [-0.05, 0) is 54.0 Å². The number of halogens is 1. The Morgan fingerprint density at radius 3 is 2.49 bits per heavy atom. The van der Waals surface area contributed by atoms with Crippen LogP contribution in [0.1, 0.15) is 22.6 Å². The summed E-state index contributed by atoms with van der Waals surface area (Å²) >= 11 is 6.42. The largest absolute Gasteiger partial charge is 0.454 e. The number of imide groups is 1. The molecule has 3 aromatic rings. The summed E-state index contributed by atoms with van der Waals surface area (Å²) in [5, 5.41) is 0.280. The number of anilines is 1. The molecule has 37 heavy (non-hydrogen) atoms. The van der Waals surface area contributed by atoms with Gasteiger partial charge in [-0.25, -0.2) is 4.90 Å². The summed E-state index contributed by atoms with van der Waals surface area (Å²) in [7, 11) is 0. The molecule has 4 atom stereocenters. The van der Waals surface area contributed by atoms with Crippen LogP contribution in [0.2, 0.25) is 5.02 Å². The topological polar surface area (TPSA) is 82.1 Å². The normalized spacial score (nSPS) is 25.3. The predicted molar refractivity (Wildman–Crippen MR) is 135 cm³/mol. The average Bonchev–Trinajstić information content (AvgIpc) is 3.46. The molecule has 0 unspecified atom stereocenters. The smallest absolute Gasteiger partial charge is 0.319 e. The fourth-order valence-corrected chi connectivity index (χ4v) is 6.21. The number of hydrogen-bond donors (Lipinski definition) is 0. The first-order valence-electron chi connectivity index (χ1n) is 12.0. The third-order valence-electron chi connectivity index (χ3n) is 7.63. The Bertz CT molecular complexity index is 1560. The van der Waals surface area contributed by atoms with Gasteiger partial charge < -0.3 is 14.2 Å². The van der Waals surface area contributed by atoms with E-state index in [4.69, 9.17) is 25.8 Å². The molecule has 8 heteroatoms. The fourth-order valence-electron chi connectivity index (χ4n) is 5.98. The zero-order chi connectivity index (χ0) is 25.4. The van der Waals surface area contributed by atoms with Gasteiger partial charge in [-0.1, -0.05) is 48.0 Å². The molecule has 0 spiro atoms. The number of carbonyl (C=O) groups is 3. The van der Waals surface area contributed by atoms with Crippen molar-refractivity contribution in [1.29, 1.82) is 0 Å². The molecule has 3 aliphatic heterocycles. The Morgan fingerprint density at radius 2 is 1.65 bits per heavy atom. The third kappa shape index (κ3) is 3.17. The van der Waals surface area contributed by atoms with E-state index in [-0.39, 0.29) is 11.8 Å². The lowest BCUT2D eigenvalue weighted by Crippen LogP contribution is -2.42. The van der Waals surface area contributed by atoms with Gasteiger partial charge in [-0.15, -0.1) is 0 Å². The van der Waals surface area contributed by atoms with Gasteiger partial charge in [0, 0.05) is 11.5 Å². The van der Waals surface area contributed by atoms with E-state index in [1.54, 1.807) is 30.3 Å². The molecule has 184 valence electrons. The van der Waals surface area contributed by atoms with E-state index in [0.29, 0.717) is 28.5 Å². The summed E-state index contributed by atoms with van der Waals surface area (Å²) in [6.07, 6.45) is 1.94. The Balaban J connectivity index is 1.44. The van der Waals surface area contributed by atoms with Gasteiger partial charge in [0.2, 0.25) is 18.6 Å². The average molecular weight is 514 g/mol. The van der Waals surface area contributed by atoms with E-state index in [9.17, 15) is 14.4 Å². The van der Waals surface area contributed by atoms with Crippen molar-refractivity contribution in [3.05, 3.63) is 88.5 Å². The minimum absolute atomic E-state index is 0.120. The summed E-state index contributed by atoms with van der Waals surface area (Å²) < 4.78 is 16.8. The van der Waals surface area contributed by atoms with Crippen molar-refractivity contribution >= 4 is 40.6 Å². The highest BCUT2D eigenvalue weighted by Gasteiger charge is 2.60. The molecule has 7 nitrogen and oxygen atoms in total. The number of benzene rings is 3. The van der Waals surface area contributed by atoms with Crippen LogP contribution in [-0.2, 0) is 14.4 Å². The zero-order valence-electron chi connectivity index (χ0n) is 19.6. The lowest BCUT2D eigenvalue weighted by atomic mass is 9.64. The maximum Gasteiger partial charge on any atom is 0.319 e. The van der Waals surface area contributed by atoms with E-state index in [1.165, 1.54) is 0 Å². The van der Waals surface area contributed by atoms with E-state index in [1.807, 2.05) is 43.3 Å². The molecule has 3 heterocycles. The second-order valence-electron chi connectivity index (χ2n) is 9.67. The van der Waals surface area contributed by atoms with Crippen molar-refractivity contribution < 1.29 is 28.6 Å².